The molecular weight excluding hydrogens is 207 g/mol. The van der Waals surface area contributed by atoms with Crippen LogP contribution in [-0.4, -0.2) is 6.61 Å². The Hall–Kier alpha value is -1.60. The lowest BCUT2D eigenvalue weighted by atomic mass is 10.0. The topological polar surface area (TPSA) is 59.0 Å². The first kappa shape index (κ1) is 12.5. The smallest absolute Gasteiger partial charge is 0.165 e. The van der Waals surface area contributed by atoms with Crippen molar-refractivity contribution in [1.29, 1.82) is 5.26 Å². The molecule has 1 rings (SSSR count). The van der Waals surface area contributed by atoms with Gasteiger partial charge >= 0.3 is 0 Å². The molecule has 0 amide bonds. The van der Waals surface area contributed by atoms with Gasteiger partial charge in [0.25, 0.3) is 0 Å². The first-order valence-corrected chi connectivity index (χ1v) is 5.23. The summed E-state index contributed by atoms with van der Waals surface area (Å²) in [5.74, 6) is -0.175. The molecule has 0 radical (unpaired) electrons. The van der Waals surface area contributed by atoms with Gasteiger partial charge in [-0.2, -0.15) is 5.26 Å². The Morgan fingerprint density at radius 1 is 1.56 bits per heavy atom. The SMILES string of the molecule is CCOc1ccc(C(N)CCC#N)cc1F. The highest BCUT2D eigenvalue weighted by atomic mass is 19.1. The molecule has 0 spiro atoms. The molecular formula is C12H15FN2O. The van der Waals surface area contributed by atoms with Gasteiger partial charge in [0, 0.05) is 12.5 Å². The molecule has 1 aromatic rings. The largest absolute Gasteiger partial charge is 0.491 e. The van der Waals surface area contributed by atoms with E-state index < -0.39 is 5.82 Å². The molecule has 2 N–H and O–H groups in total. The molecule has 0 saturated heterocycles. The highest BCUT2D eigenvalue weighted by molar-refractivity contribution is 5.31. The number of ether oxygens (including phenoxy) is 1. The van der Waals surface area contributed by atoms with Crippen LogP contribution in [0.25, 0.3) is 0 Å². The van der Waals surface area contributed by atoms with Gasteiger partial charge in [0.05, 0.1) is 12.7 Å². The average molecular weight is 222 g/mol. The minimum Gasteiger partial charge on any atom is -0.491 e. The lowest BCUT2D eigenvalue weighted by molar-refractivity contribution is 0.321. The maximum atomic E-state index is 13.5. The van der Waals surface area contributed by atoms with E-state index in [1.54, 1.807) is 19.1 Å². The Labute approximate surface area is 94.6 Å². The third kappa shape index (κ3) is 3.21. The monoisotopic (exact) mass is 222 g/mol. The van der Waals surface area contributed by atoms with Crippen LogP contribution in [0.1, 0.15) is 31.4 Å². The predicted molar refractivity (Wildman–Crippen MR) is 59.3 cm³/mol. The molecule has 0 aliphatic heterocycles. The van der Waals surface area contributed by atoms with Crippen LogP contribution < -0.4 is 10.5 Å². The van der Waals surface area contributed by atoms with E-state index in [0.29, 0.717) is 25.0 Å². The summed E-state index contributed by atoms with van der Waals surface area (Å²) < 4.78 is 18.6. The van der Waals surface area contributed by atoms with Crippen molar-refractivity contribution in [2.24, 2.45) is 5.73 Å². The van der Waals surface area contributed by atoms with Gasteiger partial charge in [-0.15, -0.1) is 0 Å². The molecule has 0 aliphatic rings. The summed E-state index contributed by atoms with van der Waals surface area (Å²) in [7, 11) is 0. The van der Waals surface area contributed by atoms with Gasteiger partial charge < -0.3 is 10.5 Å². The lowest BCUT2D eigenvalue weighted by Crippen LogP contribution is -2.10. The third-order valence-corrected chi connectivity index (χ3v) is 2.25. The number of nitrogens with zero attached hydrogens (tertiary/aromatic N) is 1. The second-order valence-corrected chi connectivity index (χ2v) is 3.43. The number of hydrogen-bond acceptors (Lipinski definition) is 3. The molecule has 16 heavy (non-hydrogen) atoms. The quantitative estimate of drug-likeness (QED) is 0.832. The number of hydrogen-bond donors (Lipinski definition) is 1. The molecule has 4 heteroatoms. The zero-order valence-corrected chi connectivity index (χ0v) is 9.24. The minimum absolute atomic E-state index is 0.235. The normalized spacial score (nSPS) is 11.9. The third-order valence-electron chi connectivity index (χ3n) is 2.25. The van der Waals surface area contributed by atoms with E-state index in [9.17, 15) is 4.39 Å². The van der Waals surface area contributed by atoms with Crippen molar-refractivity contribution in [3.8, 4) is 11.8 Å². The van der Waals surface area contributed by atoms with Crippen molar-refractivity contribution < 1.29 is 9.13 Å². The number of rotatable bonds is 5. The minimum atomic E-state index is -0.410. The first-order chi connectivity index (χ1) is 7.69. The summed E-state index contributed by atoms with van der Waals surface area (Å²) in [5, 5.41) is 8.43. The van der Waals surface area contributed by atoms with E-state index in [4.69, 9.17) is 15.7 Å². The number of halogens is 1. The molecule has 3 nitrogen and oxygen atoms in total. The van der Waals surface area contributed by atoms with Gasteiger partial charge in [-0.05, 0) is 31.0 Å². The summed E-state index contributed by atoms with van der Waals surface area (Å²) in [6, 6.07) is 6.39. The van der Waals surface area contributed by atoms with Crippen molar-refractivity contribution in [3.05, 3.63) is 29.6 Å². The molecule has 0 aliphatic carbocycles. The van der Waals surface area contributed by atoms with Crippen molar-refractivity contribution in [3.63, 3.8) is 0 Å². The highest BCUT2D eigenvalue weighted by Crippen LogP contribution is 2.23. The second kappa shape index (κ2) is 6.09. The predicted octanol–water partition coefficient (Wildman–Crippen LogP) is 2.53. The molecule has 1 atom stereocenters. The van der Waals surface area contributed by atoms with Crippen molar-refractivity contribution >= 4 is 0 Å². The fourth-order valence-corrected chi connectivity index (χ4v) is 1.41. The number of benzene rings is 1. The van der Waals surface area contributed by atoms with E-state index in [0.717, 1.165) is 0 Å². The fourth-order valence-electron chi connectivity index (χ4n) is 1.41. The maximum Gasteiger partial charge on any atom is 0.165 e. The van der Waals surface area contributed by atoms with Crippen molar-refractivity contribution in [2.75, 3.05) is 6.61 Å². The summed E-state index contributed by atoms with van der Waals surface area (Å²) in [6.07, 6.45) is 0.903. The molecule has 86 valence electrons. The maximum absolute atomic E-state index is 13.5. The second-order valence-electron chi connectivity index (χ2n) is 3.43. The summed E-state index contributed by atoms with van der Waals surface area (Å²) in [6.45, 7) is 2.22. The number of nitriles is 1. The van der Waals surface area contributed by atoms with Crippen LogP contribution in [0.3, 0.4) is 0 Å². The average Bonchev–Trinajstić information content (AvgIpc) is 2.29. The Bertz CT molecular complexity index is 387. The molecule has 0 heterocycles. The Balaban J connectivity index is 2.76. The zero-order valence-electron chi connectivity index (χ0n) is 9.24. The van der Waals surface area contributed by atoms with E-state index >= 15 is 0 Å². The number of nitrogens with two attached hydrogens (primary N) is 1. The van der Waals surface area contributed by atoms with E-state index in [2.05, 4.69) is 0 Å². The van der Waals surface area contributed by atoms with Gasteiger partial charge in [0.15, 0.2) is 11.6 Å². The molecule has 0 bridgehead atoms. The Kier molecular flexibility index (Phi) is 4.74. The summed E-state index contributed by atoms with van der Waals surface area (Å²) in [5.41, 5.74) is 6.51. The van der Waals surface area contributed by atoms with Crippen LogP contribution in [0.4, 0.5) is 4.39 Å². The van der Waals surface area contributed by atoms with Crippen LogP contribution >= 0.6 is 0 Å². The van der Waals surface area contributed by atoms with E-state index in [1.807, 2.05) is 6.07 Å². The van der Waals surface area contributed by atoms with Crippen LogP contribution in [0.15, 0.2) is 18.2 Å². The van der Waals surface area contributed by atoms with Crippen molar-refractivity contribution in [1.82, 2.24) is 0 Å². The van der Waals surface area contributed by atoms with Gasteiger partial charge in [-0.25, -0.2) is 4.39 Å². The van der Waals surface area contributed by atoms with Gasteiger partial charge in [-0.1, -0.05) is 6.07 Å². The summed E-state index contributed by atoms with van der Waals surface area (Å²) >= 11 is 0. The first-order valence-electron chi connectivity index (χ1n) is 5.23. The van der Waals surface area contributed by atoms with Gasteiger partial charge in [-0.3, -0.25) is 0 Å². The fraction of sp³-hybridized carbons (Fsp3) is 0.417. The molecule has 1 unspecified atom stereocenters. The molecule has 0 saturated carbocycles. The molecule has 0 aromatic heterocycles. The highest BCUT2D eigenvalue weighted by Gasteiger charge is 2.09. The van der Waals surface area contributed by atoms with Crippen LogP contribution in [0.5, 0.6) is 5.75 Å². The lowest BCUT2D eigenvalue weighted by Gasteiger charge is -2.11. The molecule has 1 aromatic carbocycles. The van der Waals surface area contributed by atoms with Gasteiger partial charge in [0.2, 0.25) is 0 Å². The van der Waals surface area contributed by atoms with Crippen LogP contribution in [0, 0.1) is 17.1 Å². The summed E-state index contributed by atoms with van der Waals surface area (Å²) in [4.78, 5) is 0. The zero-order chi connectivity index (χ0) is 12.0. The van der Waals surface area contributed by atoms with Gasteiger partial charge in [0.1, 0.15) is 0 Å². The van der Waals surface area contributed by atoms with Crippen LogP contribution in [0.2, 0.25) is 0 Å². The Morgan fingerprint density at radius 2 is 2.31 bits per heavy atom. The van der Waals surface area contributed by atoms with E-state index in [-0.39, 0.29) is 11.8 Å². The van der Waals surface area contributed by atoms with Crippen molar-refractivity contribution in [2.45, 2.75) is 25.8 Å². The molecule has 0 fully saturated rings. The Morgan fingerprint density at radius 3 is 2.88 bits per heavy atom. The van der Waals surface area contributed by atoms with Crippen LogP contribution in [-0.2, 0) is 0 Å². The standard InChI is InChI=1S/C12H15FN2O/c1-2-16-12-6-5-9(8-10(12)13)11(15)4-3-7-14/h5-6,8,11H,2-4,15H2,1H3. The van der Waals surface area contributed by atoms with E-state index in [1.165, 1.54) is 6.07 Å².